The minimum atomic E-state index is -0.463. The molecular weight excluding hydrogens is 580 g/mol. The highest BCUT2D eigenvalue weighted by atomic mass is 16.6. The zero-order chi connectivity index (χ0) is 32.0. The van der Waals surface area contributed by atoms with E-state index in [1.165, 1.54) is 0 Å². The molecule has 4 aliphatic rings. The maximum absolute atomic E-state index is 12.8. The van der Waals surface area contributed by atoms with Crippen molar-refractivity contribution in [3.63, 3.8) is 0 Å². The molecule has 0 aromatic carbocycles. The summed E-state index contributed by atoms with van der Waals surface area (Å²) in [6.07, 6.45) is 15.4. The van der Waals surface area contributed by atoms with E-state index in [1.807, 2.05) is 13.8 Å². The maximum Gasteiger partial charge on any atom is 0.309 e. The average Bonchev–Trinajstić information content (AvgIpc) is 3.97. The lowest BCUT2D eigenvalue weighted by atomic mass is 9.79. The Morgan fingerprint density at radius 1 is 0.422 bits per heavy atom. The molecule has 0 radical (unpaired) electrons. The van der Waals surface area contributed by atoms with Crippen LogP contribution in [-0.2, 0) is 47.6 Å². The molecule has 8 unspecified atom stereocenters. The Morgan fingerprint density at radius 3 is 0.933 bits per heavy atom. The van der Waals surface area contributed by atoms with Crippen LogP contribution < -0.4 is 0 Å². The van der Waals surface area contributed by atoms with Gasteiger partial charge in [-0.1, -0.05) is 71.6 Å². The van der Waals surface area contributed by atoms with Gasteiger partial charge >= 0.3 is 23.9 Å². The predicted molar refractivity (Wildman–Crippen MR) is 165 cm³/mol. The first kappa shape index (κ1) is 35.7. The lowest BCUT2D eigenvalue weighted by Crippen LogP contribution is -2.37. The highest BCUT2D eigenvalue weighted by molar-refractivity contribution is 5.83. The van der Waals surface area contributed by atoms with E-state index >= 15 is 0 Å². The maximum atomic E-state index is 12.8. The molecule has 256 valence electrons. The quantitative estimate of drug-likeness (QED) is 0.0617. The van der Waals surface area contributed by atoms with Crippen molar-refractivity contribution in [3.05, 3.63) is 0 Å². The molecule has 4 rings (SSSR count). The molecule has 0 N–H and O–H groups in total. The number of hydrogen-bond donors (Lipinski definition) is 0. The number of esters is 4. The zero-order valence-electron chi connectivity index (χ0n) is 27.6. The molecule has 45 heavy (non-hydrogen) atoms. The van der Waals surface area contributed by atoms with Crippen LogP contribution in [0.4, 0.5) is 0 Å². The van der Waals surface area contributed by atoms with Crippen LogP contribution in [0.25, 0.3) is 0 Å². The minimum absolute atomic E-state index is 0.0832. The molecule has 2 aliphatic carbocycles. The van der Waals surface area contributed by atoms with Crippen LogP contribution in [0.3, 0.4) is 0 Å². The molecule has 2 saturated heterocycles. The molecule has 0 spiro atoms. The largest absolute Gasteiger partial charge is 0.465 e. The Labute approximate surface area is 268 Å². The third kappa shape index (κ3) is 11.5. The monoisotopic (exact) mass is 636 g/mol. The number of hydrogen-bond acceptors (Lipinski definition) is 10. The molecule has 0 aromatic rings. The second kappa shape index (κ2) is 18.8. The van der Waals surface area contributed by atoms with Crippen molar-refractivity contribution in [1.82, 2.24) is 0 Å². The average molecular weight is 637 g/mol. The van der Waals surface area contributed by atoms with Crippen molar-refractivity contribution in [2.24, 2.45) is 23.7 Å². The first-order valence-electron chi connectivity index (χ1n) is 17.9. The third-order valence-electron chi connectivity index (χ3n) is 9.76. The van der Waals surface area contributed by atoms with Gasteiger partial charge in [0.25, 0.3) is 0 Å². The van der Waals surface area contributed by atoms with Gasteiger partial charge in [0.15, 0.2) is 0 Å². The van der Waals surface area contributed by atoms with Crippen LogP contribution in [-0.4, -0.2) is 74.7 Å². The second-order valence-corrected chi connectivity index (χ2v) is 13.4. The third-order valence-corrected chi connectivity index (χ3v) is 9.76. The summed E-state index contributed by atoms with van der Waals surface area (Å²) >= 11 is 0. The van der Waals surface area contributed by atoms with Crippen LogP contribution in [0.15, 0.2) is 0 Å². The van der Waals surface area contributed by atoms with Gasteiger partial charge in [0.2, 0.25) is 0 Å². The van der Waals surface area contributed by atoms with Crippen molar-refractivity contribution in [1.29, 1.82) is 0 Å². The van der Waals surface area contributed by atoms with Gasteiger partial charge in [-0.05, 0) is 51.4 Å². The normalized spacial score (nSPS) is 29.6. The zero-order valence-corrected chi connectivity index (χ0v) is 27.6. The molecule has 2 saturated carbocycles. The van der Waals surface area contributed by atoms with E-state index in [0.29, 0.717) is 52.1 Å². The number of unbranched alkanes of at least 4 members (excludes halogenated alkanes) is 10. The smallest absolute Gasteiger partial charge is 0.309 e. The van der Waals surface area contributed by atoms with Crippen molar-refractivity contribution < 1.29 is 47.6 Å². The summed E-state index contributed by atoms with van der Waals surface area (Å²) in [5.74, 6) is -3.00. The van der Waals surface area contributed by atoms with Crippen LogP contribution in [0.2, 0.25) is 0 Å². The highest BCUT2D eigenvalue weighted by Crippen LogP contribution is 2.45. The highest BCUT2D eigenvalue weighted by Gasteiger charge is 2.54. The van der Waals surface area contributed by atoms with Gasteiger partial charge in [0, 0.05) is 0 Å². The second-order valence-electron chi connectivity index (χ2n) is 13.4. The van der Waals surface area contributed by atoms with E-state index in [2.05, 4.69) is 0 Å². The van der Waals surface area contributed by atoms with E-state index in [9.17, 15) is 19.2 Å². The number of carbonyl (C=O) groups excluding carboxylic acids is 4. The summed E-state index contributed by atoms with van der Waals surface area (Å²) in [7, 11) is 0. The summed E-state index contributed by atoms with van der Waals surface area (Å²) in [6, 6.07) is 0. The van der Waals surface area contributed by atoms with E-state index in [0.717, 1.165) is 83.5 Å². The van der Waals surface area contributed by atoms with Crippen molar-refractivity contribution in [3.8, 4) is 0 Å². The first-order chi connectivity index (χ1) is 21.9. The fourth-order valence-electron chi connectivity index (χ4n) is 6.74. The lowest BCUT2D eigenvalue weighted by molar-refractivity contribution is -0.162. The number of ether oxygens (including phenoxy) is 6. The molecule has 0 bridgehead atoms. The van der Waals surface area contributed by atoms with Crippen molar-refractivity contribution in [2.75, 3.05) is 26.4 Å². The molecule has 0 amide bonds. The van der Waals surface area contributed by atoms with E-state index < -0.39 is 23.7 Å². The van der Waals surface area contributed by atoms with E-state index in [-0.39, 0.29) is 48.3 Å². The van der Waals surface area contributed by atoms with Crippen molar-refractivity contribution >= 4 is 23.9 Å². The van der Waals surface area contributed by atoms with Gasteiger partial charge in [0.05, 0.1) is 74.5 Å². The number of rotatable bonds is 22. The molecule has 4 fully saturated rings. The Morgan fingerprint density at radius 2 is 0.667 bits per heavy atom. The number of carbonyl (C=O) groups is 4. The Balaban J connectivity index is 0.976. The SMILES string of the molecule is CCCCOC(=O)C1CC2OC2CC1C(=O)OCCCCCCCCCCCOC(=O)C1CC2OC2CC1C(=O)OCCCC. The summed E-state index contributed by atoms with van der Waals surface area (Å²) in [5, 5.41) is 0. The molecular formula is C35H56O10. The van der Waals surface area contributed by atoms with Crippen LogP contribution in [0, 0.1) is 23.7 Å². The van der Waals surface area contributed by atoms with Crippen LogP contribution in [0.5, 0.6) is 0 Å². The van der Waals surface area contributed by atoms with Gasteiger partial charge in [-0.25, -0.2) is 0 Å². The standard InChI is InChI=1S/C35H56O10/c1-3-5-16-40-32(36)24-20-28-30(44-28)22-26(24)34(38)42-18-14-12-10-8-7-9-11-13-15-19-43-35(39)27-23-31-29(45-31)21-25(27)33(37)41-17-6-4-2/h24-31H,3-23H2,1-2H3. The minimum Gasteiger partial charge on any atom is -0.465 e. The molecule has 0 aromatic heterocycles. The molecule has 2 heterocycles. The topological polar surface area (TPSA) is 130 Å². The Kier molecular flexibility index (Phi) is 14.9. The summed E-state index contributed by atoms with van der Waals surface area (Å²) in [4.78, 5) is 50.7. The fraction of sp³-hybridized carbons (Fsp3) is 0.886. The lowest BCUT2D eigenvalue weighted by Gasteiger charge is -2.26. The van der Waals surface area contributed by atoms with Gasteiger partial charge in [-0.15, -0.1) is 0 Å². The number of epoxide rings is 2. The molecule has 8 atom stereocenters. The first-order valence-corrected chi connectivity index (χ1v) is 17.9. The van der Waals surface area contributed by atoms with Crippen LogP contribution in [0.1, 0.15) is 123 Å². The Hall–Kier alpha value is -2.20. The fourth-order valence-corrected chi connectivity index (χ4v) is 6.74. The summed E-state index contributed by atoms with van der Waals surface area (Å²) in [5.41, 5.74) is 0. The van der Waals surface area contributed by atoms with Gasteiger partial charge in [-0.3, -0.25) is 19.2 Å². The molecule has 10 heteroatoms. The summed E-state index contributed by atoms with van der Waals surface area (Å²) in [6.45, 7) is 5.66. The number of fused-ring (bicyclic) bond motifs is 2. The molecule has 10 nitrogen and oxygen atoms in total. The van der Waals surface area contributed by atoms with E-state index in [4.69, 9.17) is 28.4 Å². The van der Waals surface area contributed by atoms with E-state index in [1.54, 1.807) is 0 Å². The van der Waals surface area contributed by atoms with Gasteiger partial charge in [0.1, 0.15) is 0 Å². The molecule has 2 aliphatic heterocycles. The predicted octanol–water partition coefficient (Wildman–Crippen LogP) is 5.86. The van der Waals surface area contributed by atoms with Gasteiger partial charge < -0.3 is 28.4 Å². The van der Waals surface area contributed by atoms with Crippen LogP contribution >= 0.6 is 0 Å². The van der Waals surface area contributed by atoms with Gasteiger partial charge in [-0.2, -0.15) is 0 Å². The van der Waals surface area contributed by atoms with Crippen molar-refractivity contribution in [2.45, 2.75) is 147 Å². The summed E-state index contributed by atoms with van der Waals surface area (Å²) < 4.78 is 33.1. The Bertz CT molecular complexity index is 879.